The molecule has 0 unspecified atom stereocenters. The zero-order valence-corrected chi connectivity index (χ0v) is 14.7. The van der Waals surface area contributed by atoms with Crippen molar-refractivity contribution >= 4 is 48.6 Å². The molecule has 2 aromatic carbocycles. The van der Waals surface area contributed by atoms with E-state index in [0.29, 0.717) is 10.6 Å². The van der Waals surface area contributed by atoms with Gasteiger partial charge in [0.25, 0.3) is 0 Å². The molecule has 0 saturated heterocycles. The summed E-state index contributed by atoms with van der Waals surface area (Å²) < 4.78 is 25.4. The van der Waals surface area contributed by atoms with E-state index >= 15 is 0 Å². The van der Waals surface area contributed by atoms with Gasteiger partial charge in [-0.3, -0.25) is 0 Å². The molecule has 4 nitrogen and oxygen atoms in total. The van der Waals surface area contributed by atoms with Crippen LogP contribution in [-0.2, 0) is 9.84 Å². The van der Waals surface area contributed by atoms with Crippen molar-refractivity contribution in [3.05, 3.63) is 53.0 Å². The maximum Gasteiger partial charge on any atom is 0.179 e. The zero-order valence-electron chi connectivity index (χ0n) is 11.5. The standard InChI is InChI=1S/C15H13BrN2O2S2/c16-11-5-7-12(8-6-11)22(19,20)10-9-21-15-17-13-3-1-2-4-14(13)18-15/h1-8H,9-10H2,(H,17,18). The van der Waals surface area contributed by atoms with Gasteiger partial charge in [0, 0.05) is 10.2 Å². The number of benzene rings is 2. The van der Waals surface area contributed by atoms with Crippen LogP contribution in [0, 0.1) is 0 Å². The lowest BCUT2D eigenvalue weighted by Gasteiger charge is -2.03. The van der Waals surface area contributed by atoms with Crippen molar-refractivity contribution in [2.24, 2.45) is 0 Å². The molecule has 3 rings (SSSR count). The number of aromatic nitrogens is 2. The molecule has 0 bridgehead atoms. The van der Waals surface area contributed by atoms with E-state index in [-0.39, 0.29) is 5.75 Å². The van der Waals surface area contributed by atoms with Crippen LogP contribution in [-0.4, -0.2) is 29.9 Å². The van der Waals surface area contributed by atoms with Crippen LogP contribution < -0.4 is 0 Å². The van der Waals surface area contributed by atoms with Gasteiger partial charge in [-0.2, -0.15) is 0 Å². The monoisotopic (exact) mass is 396 g/mol. The Kier molecular flexibility index (Phi) is 4.56. The van der Waals surface area contributed by atoms with Crippen molar-refractivity contribution in [1.82, 2.24) is 9.97 Å². The predicted molar refractivity (Wildman–Crippen MR) is 93.0 cm³/mol. The van der Waals surface area contributed by atoms with Gasteiger partial charge >= 0.3 is 0 Å². The van der Waals surface area contributed by atoms with E-state index in [2.05, 4.69) is 25.9 Å². The Bertz CT molecular complexity index is 856. The highest BCUT2D eigenvalue weighted by atomic mass is 79.9. The molecule has 3 aromatic rings. The highest BCUT2D eigenvalue weighted by molar-refractivity contribution is 9.10. The van der Waals surface area contributed by atoms with Crippen LogP contribution in [0.15, 0.2) is 63.1 Å². The third-order valence-electron chi connectivity index (χ3n) is 3.13. The molecular weight excluding hydrogens is 384 g/mol. The number of aromatic amines is 1. The Hall–Kier alpha value is -1.31. The molecule has 1 N–H and O–H groups in total. The van der Waals surface area contributed by atoms with Gasteiger partial charge in [-0.25, -0.2) is 13.4 Å². The van der Waals surface area contributed by atoms with Crippen LogP contribution >= 0.6 is 27.7 Å². The molecular formula is C15H13BrN2O2S2. The molecule has 0 saturated carbocycles. The van der Waals surface area contributed by atoms with Gasteiger partial charge in [0.05, 0.1) is 21.7 Å². The van der Waals surface area contributed by atoms with Gasteiger partial charge in [-0.05, 0) is 36.4 Å². The number of hydrogen-bond donors (Lipinski definition) is 1. The number of imidazole rings is 1. The van der Waals surface area contributed by atoms with Gasteiger partial charge in [0.1, 0.15) is 0 Å². The molecule has 114 valence electrons. The van der Waals surface area contributed by atoms with Crippen molar-refractivity contribution in [3.63, 3.8) is 0 Å². The Morgan fingerprint density at radius 3 is 2.55 bits per heavy atom. The number of nitrogens with one attached hydrogen (secondary N) is 1. The van der Waals surface area contributed by atoms with Gasteiger partial charge in [-0.1, -0.05) is 39.8 Å². The summed E-state index contributed by atoms with van der Waals surface area (Å²) in [6.07, 6.45) is 0. The van der Waals surface area contributed by atoms with E-state index in [0.717, 1.165) is 20.7 Å². The molecule has 1 aromatic heterocycles. The number of hydrogen-bond acceptors (Lipinski definition) is 4. The second kappa shape index (κ2) is 6.44. The summed E-state index contributed by atoms with van der Waals surface area (Å²) >= 11 is 4.72. The fraction of sp³-hybridized carbons (Fsp3) is 0.133. The van der Waals surface area contributed by atoms with Gasteiger partial charge in [-0.15, -0.1) is 0 Å². The summed E-state index contributed by atoms with van der Waals surface area (Å²) in [4.78, 5) is 7.95. The quantitative estimate of drug-likeness (QED) is 0.664. The van der Waals surface area contributed by atoms with Gasteiger partial charge < -0.3 is 4.98 Å². The van der Waals surface area contributed by atoms with Crippen molar-refractivity contribution < 1.29 is 8.42 Å². The lowest BCUT2D eigenvalue weighted by Crippen LogP contribution is -2.08. The number of para-hydroxylation sites is 2. The number of rotatable bonds is 5. The number of nitrogens with zero attached hydrogens (tertiary/aromatic N) is 1. The lowest BCUT2D eigenvalue weighted by molar-refractivity contribution is 0.597. The maximum atomic E-state index is 12.2. The van der Waals surface area contributed by atoms with E-state index in [1.54, 1.807) is 24.3 Å². The minimum Gasteiger partial charge on any atom is -0.333 e. The molecule has 0 aliphatic heterocycles. The maximum absolute atomic E-state index is 12.2. The minimum atomic E-state index is -3.26. The van der Waals surface area contributed by atoms with E-state index in [4.69, 9.17) is 0 Å². The summed E-state index contributed by atoms with van der Waals surface area (Å²) in [7, 11) is -3.26. The number of halogens is 1. The Morgan fingerprint density at radius 2 is 1.82 bits per heavy atom. The first kappa shape index (κ1) is 15.6. The summed E-state index contributed by atoms with van der Waals surface area (Å²) in [5.41, 5.74) is 1.85. The van der Waals surface area contributed by atoms with E-state index in [1.807, 2.05) is 24.3 Å². The van der Waals surface area contributed by atoms with Crippen LogP contribution in [0.2, 0.25) is 0 Å². The zero-order chi connectivity index (χ0) is 15.6. The summed E-state index contributed by atoms with van der Waals surface area (Å²) in [6.45, 7) is 0. The SMILES string of the molecule is O=S(=O)(CCSc1nc2ccccc2[nH]1)c1ccc(Br)cc1. The number of sulfone groups is 1. The molecule has 0 atom stereocenters. The first-order chi connectivity index (χ1) is 10.5. The van der Waals surface area contributed by atoms with Gasteiger partial charge in [0.15, 0.2) is 15.0 Å². The number of thioether (sulfide) groups is 1. The molecule has 0 aliphatic rings. The third kappa shape index (κ3) is 3.53. The van der Waals surface area contributed by atoms with Crippen LogP contribution in [0.4, 0.5) is 0 Å². The normalized spacial score (nSPS) is 11.9. The van der Waals surface area contributed by atoms with Crippen molar-refractivity contribution in [1.29, 1.82) is 0 Å². The second-order valence-electron chi connectivity index (χ2n) is 4.68. The molecule has 0 fully saturated rings. The molecule has 0 spiro atoms. The Morgan fingerprint density at radius 1 is 1.09 bits per heavy atom. The fourth-order valence-corrected chi connectivity index (χ4v) is 4.81. The van der Waals surface area contributed by atoms with Crippen LogP contribution in [0.1, 0.15) is 0 Å². The lowest BCUT2D eigenvalue weighted by atomic mass is 10.3. The van der Waals surface area contributed by atoms with Crippen LogP contribution in [0.25, 0.3) is 11.0 Å². The van der Waals surface area contributed by atoms with E-state index < -0.39 is 9.84 Å². The molecule has 1 heterocycles. The topological polar surface area (TPSA) is 62.8 Å². The van der Waals surface area contributed by atoms with E-state index in [1.165, 1.54) is 11.8 Å². The van der Waals surface area contributed by atoms with E-state index in [9.17, 15) is 8.42 Å². The average Bonchev–Trinajstić information content (AvgIpc) is 2.90. The molecule has 7 heteroatoms. The largest absolute Gasteiger partial charge is 0.333 e. The second-order valence-corrected chi connectivity index (χ2v) is 8.79. The summed E-state index contributed by atoms with van der Waals surface area (Å²) in [6, 6.07) is 14.4. The van der Waals surface area contributed by atoms with Crippen molar-refractivity contribution in [3.8, 4) is 0 Å². The smallest absolute Gasteiger partial charge is 0.179 e. The van der Waals surface area contributed by atoms with Crippen molar-refractivity contribution in [2.45, 2.75) is 10.1 Å². The highest BCUT2D eigenvalue weighted by Gasteiger charge is 2.14. The predicted octanol–water partition coefficient (Wildman–Crippen LogP) is 3.89. The van der Waals surface area contributed by atoms with Crippen LogP contribution in [0.5, 0.6) is 0 Å². The highest BCUT2D eigenvalue weighted by Crippen LogP contribution is 2.21. The molecule has 0 amide bonds. The Labute approximate surface area is 141 Å². The van der Waals surface area contributed by atoms with Crippen molar-refractivity contribution in [2.75, 3.05) is 11.5 Å². The first-order valence-electron chi connectivity index (χ1n) is 6.60. The molecule has 0 aliphatic carbocycles. The minimum absolute atomic E-state index is 0.0797. The third-order valence-corrected chi connectivity index (χ3v) is 6.53. The summed E-state index contributed by atoms with van der Waals surface area (Å²) in [5.74, 6) is 0.536. The van der Waals surface area contributed by atoms with Crippen LogP contribution in [0.3, 0.4) is 0 Å². The van der Waals surface area contributed by atoms with Gasteiger partial charge in [0.2, 0.25) is 0 Å². The molecule has 22 heavy (non-hydrogen) atoms. The Balaban J connectivity index is 1.65. The number of H-pyrrole nitrogens is 1. The fourth-order valence-electron chi connectivity index (χ4n) is 2.01. The average molecular weight is 397 g/mol. The molecule has 0 radical (unpaired) electrons. The first-order valence-corrected chi connectivity index (χ1v) is 10.0. The number of fused-ring (bicyclic) bond motifs is 1. The summed E-state index contributed by atoms with van der Waals surface area (Å²) in [5, 5.41) is 0.743.